The SMILES string of the molecule is CC1(C)c2ccc(-c3cccc(N(c4ccc(-c5cccc6c5sc5ccccc56)cc4)c4ccccc4-c4ccccc4)c3)cc2-c2c(-c3ccccc3)cc(-c3ccccc3)cc21. The van der Waals surface area contributed by atoms with Gasteiger partial charge in [0.25, 0.3) is 0 Å². The van der Waals surface area contributed by atoms with E-state index in [1.54, 1.807) is 0 Å². The molecule has 0 fully saturated rings. The molecule has 0 saturated carbocycles. The quantitative estimate of drug-likeness (QED) is 0.147. The van der Waals surface area contributed by atoms with Gasteiger partial charge >= 0.3 is 0 Å². The number of thiophene rings is 1. The minimum Gasteiger partial charge on any atom is -0.310 e. The Kier molecular flexibility index (Phi) is 9.44. The van der Waals surface area contributed by atoms with Crippen LogP contribution in [0, 0.1) is 0 Å². The van der Waals surface area contributed by atoms with Crippen LogP contribution in [-0.2, 0) is 5.41 Å². The summed E-state index contributed by atoms with van der Waals surface area (Å²) >= 11 is 1.88. The molecule has 11 aromatic rings. The fraction of sp³-hybridized carbons (Fsp3) is 0.0476. The van der Waals surface area contributed by atoms with Gasteiger partial charge < -0.3 is 4.90 Å². The molecule has 0 amide bonds. The Bertz CT molecular complexity index is 3550. The first kappa shape index (κ1) is 38.9. The van der Waals surface area contributed by atoms with Crippen molar-refractivity contribution in [2.75, 3.05) is 4.90 Å². The molecule has 1 aliphatic rings. The number of nitrogens with zero attached hydrogens (tertiary/aromatic N) is 1. The Labute approximate surface area is 385 Å². The molecule has 1 nitrogen and oxygen atoms in total. The molecule has 0 aliphatic heterocycles. The van der Waals surface area contributed by atoms with Gasteiger partial charge in [0, 0.05) is 42.5 Å². The Balaban J connectivity index is 0.995. The first-order valence-electron chi connectivity index (χ1n) is 22.5. The van der Waals surface area contributed by atoms with Crippen molar-refractivity contribution in [3.05, 3.63) is 248 Å². The van der Waals surface area contributed by atoms with Gasteiger partial charge in [0.05, 0.1) is 5.69 Å². The van der Waals surface area contributed by atoms with Crippen LogP contribution in [0.4, 0.5) is 17.1 Å². The maximum atomic E-state index is 2.45. The Morgan fingerprint density at radius 2 is 0.892 bits per heavy atom. The van der Waals surface area contributed by atoms with E-state index in [0.717, 1.165) is 17.1 Å². The first-order chi connectivity index (χ1) is 32.0. The summed E-state index contributed by atoms with van der Waals surface area (Å²) in [5.74, 6) is 0. The minimum absolute atomic E-state index is 0.175. The molecule has 0 atom stereocenters. The fourth-order valence-corrected chi connectivity index (χ4v) is 11.5. The average molecular weight is 848 g/mol. The van der Waals surface area contributed by atoms with Gasteiger partial charge in [0.2, 0.25) is 0 Å². The van der Waals surface area contributed by atoms with E-state index in [9.17, 15) is 0 Å². The molecule has 1 aromatic heterocycles. The molecule has 308 valence electrons. The van der Waals surface area contributed by atoms with Crippen molar-refractivity contribution in [1.29, 1.82) is 0 Å². The molecule has 2 heteroatoms. The van der Waals surface area contributed by atoms with Crippen LogP contribution in [0.25, 0.3) is 86.9 Å². The predicted octanol–water partition coefficient (Wildman–Crippen LogP) is 18.2. The number of hydrogen-bond acceptors (Lipinski definition) is 2. The maximum Gasteiger partial charge on any atom is 0.0540 e. The van der Waals surface area contributed by atoms with Gasteiger partial charge in [-0.1, -0.05) is 196 Å². The Morgan fingerprint density at radius 3 is 1.66 bits per heavy atom. The second-order valence-electron chi connectivity index (χ2n) is 17.7. The van der Waals surface area contributed by atoms with Crippen LogP contribution in [0.3, 0.4) is 0 Å². The average Bonchev–Trinajstić information content (AvgIpc) is 3.86. The number of para-hydroxylation sites is 1. The molecule has 10 aromatic carbocycles. The monoisotopic (exact) mass is 847 g/mol. The lowest BCUT2D eigenvalue weighted by molar-refractivity contribution is 0.661. The third kappa shape index (κ3) is 6.69. The standard InChI is InChI=1S/C63H45NS/c1-63(2)57-37-34-47(39-56(57)61-55(44-22-10-5-11-23-44)40-48(41-58(61)63)42-18-6-3-7-19-42)46-24-16-25-50(38-46)64(59-30-14-12-26-51(59)43-20-8-4-9-21-43)49-35-32-45(33-36-49)52-28-17-29-54-53-27-13-15-31-60(53)65-62(52)54/h3-41H,1-2H3. The number of anilines is 3. The fourth-order valence-electron chi connectivity index (χ4n) is 10.2. The Morgan fingerprint density at radius 1 is 0.338 bits per heavy atom. The highest BCUT2D eigenvalue weighted by molar-refractivity contribution is 7.26. The van der Waals surface area contributed by atoms with E-state index in [0.29, 0.717) is 0 Å². The molecule has 0 saturated heterocycles. The van der Waals surface area contributed by atoms with Crippen molar-refractivity contribution in [1.82, 2.24) is 0 Å². The smallest absolute Gasteiger partial charge is 0.0540 e. The van der Waals surface area contributed by atoms with Gasteiger partial charge in [0.15, 0.2) is 0 Å². The summed E-state index contributed by atoms with van der Waals surface area (Å²) in [6, 6.07) is 87.0. The van der Waals surface area contributed by atoms with Gasteiger partial charge in [-0.15, -0.1) is 11.3 Å². The number of fused-ring (bicyclic) bond motifs is 6. The van der Waals surface area contributed by atoms with Gasteiger partial charge in [-0.25, -0.2) is 0 Å². The molecule has 1 aliphatic carbocycles. The van der Waals surface area contributed by atoms with Crippen molar-refractivity contribution in [2.45, 2.75) is 19.3 Å². The summed E-state index contributed by atoms with van der Waals surface area (Å²) in [5.41, 5.74) is 20.7. The predicted molar refractivity (Wildman–Crippen MR) is 279 cm³/mol. The van der Waals surface area contributed by atoms with E-state index < -0.39 is 0 Å². The van der Waals surface area contributed by atoms with Crippen molar-refractivity contribution < 1.29 is 0 Å². The zero-order valence-electron chi connectivity index (χ0n) is 36.4. The summed E-state index contributed by atoms with van der Waals surface area (Å²) in [4.78, 5) is 2.43. The van der Waals surface area contributed by atoms with E-state index in [2.05, 4.69) is 255 Å². The lowest BCUT2D eigenvalue weighted by Crippen LogP contribution is -2.15. The molecule has 65 heavy (non-hydrogen) atoms. The molecule has 0 N–H and O–H groups in total. The summed E-state index contributed by atoms with van der Waals surface area (Å²) in [5, 5.41) is 2.63. The van der Waals surface area contributed by atoms with Gasteiger partial charge in [0.1, 0.15) is 0 Å². The largest absolute Gasteiger partial charge is 0.310 e. The first-order valence-corrected chi connectivity index (χ1v) is 23.3. The zero-order valence-corrected chi connectivity index (χ0v) is 37.2. The molecule has 0 bridgehead atoms. The van der Waals surface area contributed by atoms with Crippen LogP contribution in [0.15, 0.2) is 237 Å². The van der Waals surface area contributed by atoms with Gasteiger partial charge in [-0.3, -0.25) is 0 Å². The van der Waals surface area contributed by atoms with Crippen LogP contribution in [0.1, 0.15) is 25.0 Å². The second kappa shape index (κ2) is 15.8. The topological polar surface area (TPSA) is 3.24 Å². The maximum absolute atomic E-state index is 2.45. The molecule has 1 heterocycles. The van der Waals surface area contributed by atoms with Crippen molar-refractivity contribution in [2.24, 2.45) is 0 Å². The van der Waals surface area contributed by atoms with Crippen molar-refractivity contribution in [3.63, 3.8) is 0 Å². The van der Waals surface area contributed by atoms with Crippen molar-refractivity contribution in [3.8, 4) is 66.8 Å². The van der Waals surface area contributed by atoms with Crippen LogP contribution >= 0.6 is 11.3 Å². The Hall–Kier alpha value is -7.78. The molecule has 0 spiro atoms. The zero-order chi connectivity index (χ0) is 43.5. The minimum atomic E-state index is -0.175. The van der Waals surface area contributed by atoms with E-state index in [1.807, 2.05) is 11.3 Å². The summed E-state index contributed by atoms with van der Waals surface area (Å²) in [7, 11) is 0. The van der Waals surface area contributed by atoms with Crippen molar-refractivity contribution >= 4 is 48.6 Å². The molecular formula is C63H45NS. The van der Waals surface area contributed by atoms with Crippen LogP contribution in [0.2, 0.25) is 0 Å². The molecule has 12 rings (SSSR count). The number of hydrogen-bond donors (Lipinski definition) is 0. The van der Waals surface area contributed by atoms with Gasteiger partial charge in [-0.05, 0) is 127 Å². The third-order valence-corrected chi connectivity index (χ3v) is 14.7. The lowest BCUT2D eigenvalue weighted by Gasteiger charge is -2.28. The number of rotatable bonds is 8. The van der Waals surface area contributed by atoms with E-state index in [-0.39, 0.29) is 5.41 Å². The summed E-state index contributed by atoms with van der Waals surface area (Å²) in [6.45, 7) is 4.77. The van der Waals surface area contributed by atoms with Crippen LogP contribution in [0.5, 0.6) is 0 Å². The summed E-state index contributed by atoms with van der Waals surface area (Å²) < 4.78 is 2.65. The lowest BCUT2D eigenvalue weighted by atomic mass is 9.80. The van der Waals surface area contributed by atoms with Crippen LogP contribution in [-0.4, -0.2) is 0 Å². The molecule has 0 radical (unpaired) electrons. The third-order valence-electron chi connectivity index (χ3n) is 13.5. The van der Waals surface area contributed by atoms with E-state index >= 15 is 0 Å². The van der Waals surface area contributed by atoms with E-state index in [4.69, 9.17) is 0 Å². The van der Waals surface area contributed by atoms with E-state index in [1.165, 1.54) is 98.1 Å². The highest BCUT2D eigenvalue weighted by Gasteiger charge is 2.38. The number of benzene rings is 10. The van der Waals surface area contributed by atoms with Gasteiger partial charge in [-0.2, -0.15) is 0 Å². The summed E-state index contributed by atoms with van der Waals surface area (Å²) in [6.07, 6.45) is 0. The molecule has 0 unspecified atom stereocenters. The normalized spacial score (nSPS) is 12.6. The highest BCUT2D eigenvalue weighted by atomic mass is 32.1. The molecular weight excluding hydrogens is 803 g/mol. The van der Waals surface area contributed by atoms with Crippen LogP contribution < -0.4 is 4.90 Å². The second-order valence-corrected chi connectivity index (χ2v) is 18.7. The highest BCUT2D eigenvalue weighted by Crippen LogP contribution is 2.54.